The number of carbonyl (C=O) groups is 2. The van der Waals surface area contributed by atoms with Gasteiger partial charge in [-0.05, 0) is 19.1 Å². The van der Waals surface area contributed by atoms with E-state index in [1.54, 1.807) is 10.9 Å². The fourth-order valence-corrected chi connectivity index (χ4v) is 1.68. The van der Waals surface area contributed by atoms with E-state index in [0.29, 0.717) is 12.2 Å². The minimum absolute atomic E-state index is 0.231. The number of phenols is 1. The molecule has 0 radical (unpaired) electrons. The number of carboxylic acid groups (broad SMARTS) is 1. The number of benzene rings is 1. The van der Waals surface area contributed by atoms with Gasteiger partial charge in [0.15, 0.2) is 0 Å². The fraction of sp³-hybridized carbons (Fsp3) is 0.154. The lowest BCUT2D eigenvalue weighted by Crippen LogP contribution is -2.19. The second kappa shape index (κ2) is 5.95. The maximum atomic E-state index is 11.8. The molecule has 0 saturated heterocycles. The molecule has 0 aliphatic heterocycles. The molecule has 2 amide bonds. The lowest BCUT2D eigenvalue weighted by Gasteiger charge is -2.07. The van der Waals surface area contributed by atoms with Crippen molar-refractivity contribution in [3.05, 3.63) is 36.2 Å². The molecule has 0 atom stereocenters. The molecule has 0 fully saturated rings. The van der Waals surface area contributed by atoms with Gasteiger partial charge < -0.3 is 20.8 Å². The van der Waals surface area contributed by atoms with Gasteiger partial charge in [0.05, 0.1) is 11.9 Å². The number of aromatic nitrogens is 2. The number of carboxylic acids is 1. The molecule has 1 aromatic carbocycles. The number of urea groups is 1. The summed E-state index contributed by atoms with van der Waals surface area (Å²) < 4.78 is 1.66. The number of amides is 2. The molecule has 0 spiro atoms. The molecule has 2 rings (SSSR count). The van der Waals surface area contributed by atoms with Crippen LogP contribution in [0.4, 0.5) is 16.2 Å². The van der Waals surface area contributed by atoms with Crippen LogP contribution in [0.2, 0.25) is 0 Å². The maximum Gasteiger partial charge on any atom is 0.339 e. The van der Waals surface area contributed by atoms with Crippen molar-refractivity contribution in [2.45, 2.75) is 13.5 Å². The summed E-state index contributed by atoms with van der Waals surface area (Å²) in [5.74, 6) is -1.66. The number of anilines is 2. The van der Waals surface area contributed by atoms with Crippen molar-refractivity contribution in [3.8, 4) is 5.75 Å². The molecule has 21 heavy (non-hydrogen) atoms. The van der Waals surface area contributed by atoms with Crippen LogP contribution >= 0.6 is 0 Å². The molecular weight excluding hydrogens is 276 g/mol. The van der Waals surface area contributed by atoms with E-state index in [1.165, 1.54) is 24.4 Å². The van der Waals surface area contributed by atoms with E-state index >= 15 is 0 Å². The molecule has 0 bridgehead atoms. The Morgan fingerprint density at radius 3 is 2.57 bits per heavy atom. The van der Waals surface area contributed by atoms with Gasteiger partial charge in [0.1, 0.15) is 11.3 Å². The zero-order valence-electron chi connectivity index (χ0n) is 11.2. The third kappa shape index (κ3) is 3.50. The van der Waals surface area contributed by atoms with Gasteiger partial charge in [0.25, 0.3) is 0 Å². The van der Waals surface area contributed by atoms with E-state index < -0.39 is 17.7 Å². The Kier molecular flexibility index (Phi) is 4.07. The lowest BCUT2D eigenvalue weighted by atomic mass is 10.2. The second-order valence-electron chi connectivity index (χ2n) is 4.20. The van der Waals surface area contributed by atoms with E-state index in [4.69, 9.17) is 5.11 Å². The summed E-state index contributed by atoms with van der Waals surface area (Å²) in [6.45, 7) is 2.61. The van der Waals surface area contributed by atoms with Gasteiger partial charge in [-0.15, -0.1) is 0 Å². The molecule has 0 unspecified atom stereocenters. The fourth-order valence-electron chi connectivity index (χ4n) is 1.68. The average Bonchev–Trinajstić information content (AvgIpc) is 2.85. The quantitative estimate of drug-likeness (QED) is 0.686. The number of nitrogens with zero attached hydrogens (tertiary/aromatic N) is 2. The summed E-state index contributed by atoms with van der Waals surface area (Å²) in [5, 5.41) is 27.4. The van der Waals surface area contributed by atoms with Gasteiger partial charge in [-0.25, -0.2) is 9.59 Å². The molecule has 1 heterocycles. The number of aromatic hydroxyl groups is 1. The predicted octanol–water partition coefficient (Wildman–Crippen LogP) is 1.95. The number of hydrogen-bond donors (Lipinski definition) is 4. The van der Waals surface area contributed by atoms with Crippen molar-refractivity contribution in [2.75, 3.05) is 10.6 Å². The summed E-state index contributed by atoms with van der Waals surface area (Å²) in [6, 6.07) is 3.24. The van der Waals surface area contributed by atoms with E-state index in [-0.39, 0.29) is 11.3 Å². The highest BCUT2D eigenvalue weighted by atomic mass is 16.4. The SMILES string of the molecule is CCn1cc(NC(=O)Nc2ccc(C(=O)O)c(O)c2)cn1. The molecule has 1 aromatic heterocycles. The van der Waals surface area contributed by atoms with Gasteiger partial charge in [-0.2, -0.15) is 5.10 Å². The third-order valence-electron chi connectivity index (χ3n) is 2.70. The summed E-state index contributed by atoms with van der Waals surface area (Å²) in [4.78, 5) is 22.5. The minimum Gasteiger partial charge on any atom is -0.507 e. The summed E-state index contributed by atoms with van der Waals surface area (Å²) in [7, 11) is 0. The highest BCUT2D eigenvalue weighted by molar-refractivity contribution is 6.00. The van der Waals surface area contributed by atoms with Crippen molar-refractivity contribution in [1.82, 2.24) is 9.78 Å². The van der Waals surface area contributed by atoms with Crippen LogP contribution < -0.4 is 10.6 Å². The number of nitrogens with one attached hydrogen (secondary N) is 2. The second-order valence-corrected chi connectivity index (χ2v) is 4.20. The van der Waals surface area contributed by atoms with E-state index in [1.807, 2.05) is 6.92 Å². The van der Waals surface area contributed by atoms with Crippen molar-refractivity contribution < 1.29 is 19.8 Å². The Balaban J connectivity index is 2.02. The molecule has 8 nitrogen and oxygen atoms in total. The molecular formula is C13H14N4O4. The van der Waals surface area contributed by atoms with Crippen LogP contribution in [0, 0.1) is 0 Å². The average molecular weight is 290 g/mol. The molecule has 2 aromatic rings. The first-order valence-corrected chi connectivity index (χ1v) is 6.16. The van der Waals surface area contributed by atoms with Crippen LogP contribution in [0.5, 0.6) is 5.75 Å². The molecule has 8 heteroatoms. The van der Waals surface area contributed by atoms with Gasteiger partial charge >= 0.3 is 12.0 Å². The maximum absolute atomic E-state index is 11.8. The number of carbonyl (C=O) groups excluding carboxylic acids is 1. The standard InChI is InChI=1S/C13H14N4O4/c1-2-17-7-9(6-14-17)16-13(21)15-8-3-4-10(12(19)20)11(18)5-8/h3-7,18H,2H2,1H3,(H,19,20)(H2,15,16,21). The summed E-state index contributed by atoms with van der Waals surface area (Å²) in [5.41, 5.74) is 0.573. The Morgan fingerprint density at radius 1 is 1.29 bits per heavy atom. The molecule has 0 aliphatic rings. The topological polar surface area (TPSA) is 116 Å². The van der Waals surface area contributed by atoms with Crippen LogP contribution in [0.1, 0.15) is 17.3 Å². The number of rotatable bonds is 4. The van der Waals surface area contributed by atoms with Gasteiger partial charge in [0, 0.05) is 24.5 Å². The van der Waals surface area contributed by atoms with E-state index in [0.717, 1.165) is 0 Å². The number of hydrogen-bond acceptors (Lipinski definition) is 4. The van der Waals surface area contributed by atoms with Crippen LogP contribution in [-0.2, 0) is 6.54 Å². The van der Waals surface area contributed by atoms with Crippen molar-refractivity contribution >= 4 is 23.4 Å². The third-order valence-corrected chi connectivity index (χ3v) is 2.70. The van der Waals surface area contributed by atoms with E-state index in [9.17, 15) is 14.7 Å². The highest BCUT2D eigenvalue weighted by Gasteiger charge is 2.11. The summed E-state index contributed by atoms with van der Waals surface area (Å²) in [6.07, 6.45) is 3.18. The molecule has 0 saturated carbocycles. The Bertz CT molecular complexity index is 681. The zero-order valence-corrected chi connectivity index (χ0v) is 11.2. The zero-order chi connectivity index (χ0) is 15.4. The minimum atomic E-state index is -1.24. The smallest absolute Gasteiger partial charge is 0.339 e. The van der Waals surface area contributed by atoms with Gasteiger partial charge in [-0.3, -0.25) is 4.68 Å². The van der Waals surface area contributed by atoms with Crippen LogP contribution in [0.25, 0.3) is 0 Å². The Labute approximate surface area is 120 Å². The van der Waals surface area contributed by atoms with Crippen molar-refractivity contribution in [2.24, 2.45) is 0 Å². The van der Waals surface area contributed by atoms with Crippen molar-refractivity contribution in [1.29, 1.82) is 0 Å². The van der Waals surface area contributed by atoms with Crippen molar-refractivity contribution in [3.63, 3.8) is 0 Å². The normalized spacial score (nSPS) is 10.1. The molecule has 110 valence electrons. The first-order chi connectivity index (χ1) is 9.99. The molecule has 0 aliphatic carbocycles. The Morgan fingerprint density at radius 2 is 2.00 bits per heavy atom. The highest BCUT2D eigenvalue weighted by Crippen LogP contribution is 2.22. The monoisotopic (exact) mass is 290 g/mol. The van der Waals surface area contributed by atoms with Crippen LogP contribution in [-0.4, -0.2) is 32.0 Å². The van der Waals surface area contributed by atoms with Crippen LogP contribution in [0.3, 0.4) is 0 Å². The Hall–Kier alpha value is -3.03. The van der Waals surface area contributed by atoms with Gasteiger partial charge in [0.2, 0.25) is 0 Å². The van der Waals surface area contributed by atoms with Crippen LogP contribution in [0.15, 0.2) is 30.6 Å². The number of aryl methyl sites for hydroxylation is 1. The van der Waals surface area contributed by atoms with E-state index in [2.05, 4.69) is 15.7 Å². The first kappa shape index (κ1) is 14.4. The predicted molar refractivity (Wildman–Crippen MR) is 75.6 cm³/mol. The largest absolute Gasteiger partial charge is 0.507 e. The summed E-state index contributed by atoms with van der Waals surface area (Å²) >= 11 is 0. The molecule has 4 N–H and O–H groups in total. The number of aromatic carboxylic acids is 1. The lowest BCUT2D eigenvalue weighted by molar-refractivity contribution is 0.0694. The van der Waals surface area contributed by atoms with Gasteiger partial charge in [-0.1, -0.05) is 0 Å². The first-order valence-electron chi connectivity index (χ1n) is 6.16.